The molecule has 2 N–H and O–H groups in total. The Balaban J connectivity index is 4.00. The maximum absolute atomic E-state index is 11.9. The van der Waals surface area contributed by atoms with Crippen LogP contribution in [0.15, 0.2) is 0 Å². The van der Waals surface area contributed by atoms with Crippen LogP contribution in [0.25, 0.3) is 0 Å². The monoisotopic (exact) mass is 227 g/mol. The predicted molar refractivity (Wildman–Crippen MR) is 49.1 cm³/mol. The number of hydrogen-bond donors (Lipinski definition) is 2. The molecule has 1 amide bonds. The van der Waals surface area contributed by atoms with Crippen molar-refractivity contribution in [2.24, 2.45) is 5.92 Å². The van der Waals surface area contributed by atoms with Crippen molar-refractivity contribution in [2.75, 3.05) is 6.54 Å². The van der Waals surface area contributed by atoms with Crippen LogP contribution in [0.5, 0.6) is 0 Å². The van der Waals surface area contributed by atoms with Gasteiger partial charge in [0, 0.05) is 5.92 Å². The normalized spacial score (nSPS) is 14.1. The van der Waals surface area contributed by atoms with Gasteiger partial charge in [-0.1, -0.05) is 13.8 Å². The van der Waals surface area contributed by atoms with E-state index in [-0.39, 0.29) is 5.92 Å². The van der Waals surface area contributed by atoms with Gasteiger partial charge in [-0.2, -0.15) is 13.2 Å². The molecule has 90 valence electrons. The van der Waals surface area contributed by atoms with Crippen LogP contribution < -0.4 is 5.32 Å². The van der Waals surface area contributed by atoms with Crippen molar-refractivity contribution >= 4 is 5.91 Å². The standard InChI is InChI=1S/C9H16F3NO2/c1-3-6(4-2)8(15)13-5-7(14)9(10,11)12/h6-7,14H,3-5H2,1-2H3,(H,13,15). The van der Waals surface area contributed by atoms with Crippen LogP contribution in [0, 0.1) is 5.92 Å². The number of rotatable bonds is 5. The lowest BCUT2D eigenvalue weighted by atomic mass is 10.0. The van der Waals surface area contributed by atoms with Gasteiger partial charge in [-0.15, -0.1) is 0 Å². The Morgan fingerprint density at radius 2 is 1.80 bits per heavy atom. The highest BCUT2D eigenvalue weighted by molar-refractivity contribution is 5.78. The SMILES string of the molecule is CCC(CC)C(=O)NCC(O)C(F)(F)F. The van der Waals surface area contributed by atoms with Gasteiger partial charge in [-0.05, 0) is 12.8 Å². The molecule has 15 heavy (non-hydrogen) atoms. The predicted octanol–water partition coefficient (Wildman–Crippen LogP) is 1.46. The first-order valence-electron chi connectivity index (χ1n) is 4.85. The van der Waals surface area contributed by atoms with Crippen molar-refractivity contribution in [2.45, 2.75) is 39.0 Å². The van der Waals surface area contributed by atoms with Crippen molar-refractivity contribution in [3.63, 3.8) is 0 Å². The molecule has 0 spiro atoms. The summed E-state index contributed by atoms with van der Waals surface area (Å²) >= 11 is 0. The van der Waals surface area contributed by atoms with E-state index in [4.69, 9.17) is 5.11 Å². The first-order valence-corrected chi connectivity index (χ1v) is 4.85. The third-order valence-corrected chi connectivity index (χ3v) is 2.20. The molecule has 1 unspecified atom stereocenters. The molecule has 0 aromatic carbocycles. The van der Waals surface area contributed by atoms with Crippen molar-refractivity contribution in [3.05, 3.63) is 0 Å². The second-order valence-corrected chi connectivity index (χ2v) is 3.32. The van der Waals surface area contributed by atoms with Gasteiger partial charge >= 0.3 is 6.18 Å². The summed E-state index contributed by atoms with van der Waals surface area (Å²) in [5, 5.41) is 10.7. The van der Waals surface area contributed by atoms with Crippen LogP contribution >= 0.6 is 0 Å². The van der Waals surface area contributed by atoms with E-state index < -0.39 is 24.7 Å². The zero-order chi connectivity index (χ0) is 12.1. The number of carbonyl (C=O) groups excluding carboxylic acids is 1. The minimum Gasteiger partial charge on any atom is -0.382 e. The Labute approximate surface area is 86.7 Å². The number of aliphatic hydroxyl groups is 1. The number of halogens is 3. The Bertz CT molecular complexity index is 202. The first kappa shape index (κ1) is 14.2. The molecule has 0 aliphatic rings. The zero-order valence-electron chi connectivity index (χ0n) is 8.77. The molecule has 0 aromatic rings. The van der Waals surface area contributed by atoms with Crippen LogP contribution in [0.1, 0.15) is 26.7 Å². The number of alkyl halides is 3. The molecule has 0 saturated carbocycles. The number of amides is 1. The Kier molecular flexibility index (Phi) is 5.64. The van der Waals surface area contributed by atoms with Gasteiger partial charge < -0.3 is 10.4 Å². The number of aliphatic hydroxyl groups excluding tert-OH is 1. The maximum Gasteiger partial charge on any atom is 0.416 e. The summed E-state index contributed by atoms with van der Waals surface area (Å²) in [6.07, 6.45) is -6.02. The summed E-state index contributed by atoms with van der Waals surface area (Å²) < 4.78 is 35.6. The highest BCUT2D eigenvalue weighted by Gasteiger charge is 2.38. The van der Waals surface area contributed by atoms with E-state index in [9.17, 15) is 18.0 Å². The number of nitrogens with one attached hydrogen (secondary N) is 1. The van der Waals surface area contributed by atoms with Gasteiger partial charge in [0.1, 0.15) is 0 Å². The number of carbonyl (C=O) groups is 1. The lowest BCUT2D eigenvalue weighted by Gasteiger charge is -2.17. The largest absolute Gasteiger partial charge is 0.416 e. The topological polar surface area (TPSA) is 49.3 Å². The summed E-state index contributed by atoms with van der Waals surface area (Å²) in [4.78, 5) is 11.2. The lowest BCUT2D eigenvalue weighted by Crippen LogP contribution is -2.42. The van der Waals surface area contributed by atoms with Gasteiger partial charge in [0.05, 0.1) is 6.54 Å². The Morgan fingerprint density at radius 1 is 1.33 bits per heavy atom. The second-order valence-electron chi connectivity index (χ2n) is 3.32. The highest BCUT2D eigenvalue weighted by Crippen LogP contribution is 2.19. The van der Waals surface area contributed by atoms with E-state index in [0.717, 1.165) is 0 Å². The molecule has 0 aromatic heterocycles. The average molecular weight is 227 g/mol. The molecule has 0 rings (SSSR count). The number of hydrogen-bond acceptors (Lipinski definition) is 2. The van der Waals surface area contributed by atoms with Crippen molar-refractivity contribution in [1.29, 1.82) is 0 Å². The molecule has 0 aliphatic carbocycles. The van der Waals surface area contributed by atoms with E-state index in [1.54, 1.807) is 13.8 Å². The lowest BCUT2D eigenvalue weighted by molar-refractivity contribution is -0.202. The van der Waals surface area contributed by atoms with E-state index in [0.29, 0.717) is 12.8 Å². The Morgan fingerprint density at radius 3 is 2.13 bits per heavy atom. The fourth-order valence-electron chi connectivity index (χ4n) is 1.12. The van der Waals surface area contributed by atoms with Gasteiger partial charge in [0.25, 0.3) is 0 Å². The molecular weight excluding hydrogens is 211 g/mol. The summed E-state index contributed by atoms with van der Waals surface area (Å²) in [6.45, 7) is 2.79. The van der Waals surface area contributed by atoms with E-state index in [2.05, 4.69) is 5.32 Å². The minimum absolute atomic E-state index is 0.287. The summed E-state index contributed by atoms with van der Waals surface area (Å²) in [5.41, 5.74) is 0. The van der Waals surface area contributed by atoms with Crippen molar-refractivity contribution in [3.8, 4) is 0 Å². The smallest absolute Gasteiger partial charge is 0.382 e. The van der Waals surface area contributed by atoms with Crippen LogP contribution in [0.2, 0.25) is 0 Å². The van der Waals surface area contributed by atoms with Crippen LogP contribution in [-0.4, -0.2) is 29.8 Å². The third kappa shape index (κ3) is 5.01. The van der Waals surface area contributed by atoms with Crippen molar-refractivity contribution in [1.82, 2.24) is 5.32 Å². The Hall–Kier alpha value is -0.780. The van der Waals surface area contributed by atoms with Crippen molar-refractivity contribution < 1.29 is 23.1 Å². The minimum atomic E-state index is -4.68. The third-order valence-electron chi connectivity index (χ3n) is 2.20. The van der Waals surface area contributed by atoms with E-state index in [1.807, 2.05) is 0 Å². The van der Waals surface area contributed by atoms with Crippen LogP contribution in [0.4, 0.5) is 13.2 Å². The second kappa shape index (κ2) is 5.95. The average Bonchev–Trinajstić information content (AvgIpc) is 2.14. The molecule has 0 fully saturated rings. The molecule has 0 radical (unpaired) electrons. The van der Waals surface area contributed by atoms with Gasteiger partial charge in [0.2, 0.25) is 5.91 Å². The van der Waals surface area contributed by atoms with Crippen LogP contribution in [-0.2, 0) is 4.79 Å². The molecule has 3 nitrogen and oxygen atoms in total. The van der Waals surface area contributed by atoms with E-state index in [1.165, 1.54) is 0 Å². The molecule has 0 saturated heterocycles. The summed E-state index contributed by atoms with van der Waals surface area (Å²) in [6, 6.07) is 0. The molecule has 0 heterocycles. The summed E-state index contributed by atoms with van der Waals surface area (Å²) in [5.74, 6) is -0.728. The first-order chi connectivity index (χ1) is 6.82. The highest BCUT2D eigenvalue weighted by atomic mass is 19.4. The molecular formula is C9H16F3NO2. The zero-order valence-corrected chi connectivity index (χ0v) is 8.77. The molecule has 0 aliphatic heterocycles. The quantitative estimate of drug-likeness (QED) is 0.747. The van der Waals surface area contributed by atoms with Crippen LogP contribution in [0.3, 0.4) is 0 Å². The molecule has 0 bridgehead atoms. The fourth-order valence-corrected chi connectivity index (χ4v) is 1.12. The van der Waals surface area contributed by atoms with Gasteiger partial charge in [-0.3, -0.25) is 4.79 Å². The molecule has 6 heteroatoms. The van der Waals surface area contributed by atoms with Gasteiger partial charge in [0.15, 0.2) is 6.10 Å². The van der Waals surface area contributed by atoms with E-state index >= 15 is 0 Å². The summed E-state index contributed by atoms with van der Waals surface area (Å²) in [7, 11) is 0. The molecule has 1 atom stereocenters. The van der Waals surface area contributed by atoms with Gasteiger partial charge in [-0.25, -0.2) is 0 Å². The maximum atomic E-state index is 11.9. The fraction of sp³-hybridized carbons (Fsp3) is 0.889.